The second kappa shape index (κ2) is 6.43. The highest BCUT2D eigenvalue weighted by Gasteiger charge is 2.32. The van der Waals surface area contributed by atoms with Crippen LogP contribution in [0.4, 0.5) is 0 Å². The summed E-state index contributed by atoms with van der Waals surface area (Å²) in [7, 11) is 2.24. The minimum Gasteiger partial charge on any atom is -0.306 e. The summed E-state index contributed by atoms with van der Waals surface area (Å²) in [6.45, 7) is 11.8. The van der Waals surface area contributed by atoms with Crippen LogP contribution in [0.2, 0.25) is 0 Å². The molecule has 0 amide bonds. The number of likely N-dealkylation sites (tertiary alicyclic amines) is 1. The predicted octanol–water partition coefficient (Wildman–Crippen LogP) is 4.88. The molecule has 1 aliphatic heterocycles. The first kappa shape index (κ1) is 15.1. The topological polar surface area (TPSA) is 3.24 Å². The van der Waals surface area contributed by atoms with Crippen molar-refractivity contribution >= 4 is 0 Å². The molecule has 19 heavy (non-hydrogen) atoms. The van der Waals surface area contributed by atoms with E-state index in [1.807, 2.05) is 0 Å². The van der Waals surface area contributed by atoms with Gasteiger partial charge in [-0.05, 0) is 63.1 Å². The van der Waals surface area contributed by atoms with Crippen LogP contribution >= 0.6 is 0 Å². The van der Waals surface area contributed by atoms with Gasteiger partial charge in [0.25, 0.3) is 0 Å². The van der Waals surface area contributed by atoms with Gasteiger partial charge in [0, 0.05) is 0 Å². The molecule has 0 N–H and O–H groups in total. The first-order valence-electron chi connectivity index (χ1n) is 8.42. The second-order valence-electron chi connectivity index (χ2n) is 7.37. The van der Waals surface area contributed by atoms with Crippen molar-refractivity contribution in [2.75, 3.05) is 20.1 Å². The van der Waals surface area contributed by atoms with Crippen molar-refractivity contribution in [2.24, 2.45) is 17.3 Å². The Bertz CT molecular complexity index is 299. The van der Waals surface area contributed by atoms with Gasteiger partial charge in [-0.1, -0.05) is 51.7 Å². The smallest absolute Gasteiger partial charge is 0.00135 e. The lowest BCUT2D eigenvalue weighted by atomic mass is 9.72. The van der Waals surface area contributed by atoms with Crippen molar-refractivity contribution in [1.29, 1.82) is 0 Å². The molecule has 0 spiro atoms. The fraction of sp³-hybridized carbons (Fsp3) is 0.889. The third-order valence-electron chi connectivity index (χ3n) is 6.10. The molecule has 2 fully saturated rings. The molecule has 0 radical (unpaired) electrons. The van der Waals surface area contributed by atoms with Crippen molar-refractivity contribution < 1.29 is 0 Å². The summed E-state index contributed by atoms with van der Waals surface area (Å²) in [5.74, 6) is 2.01. The van der Waals surface area contributed by atoms with Crippen molar-refractivity contribution in [3.8, 4) is 0 Å². The van der Waals surface area contributed by atoms with Crippen LogP contribution in [0, 0.1) is 17.3 Å². The number of allylic oxidation sites excluding steroid dienone is 1. The highest BCUT2D eigenvalue weighted by atomic mass is 15.1. The van der Waals surface area contributed by atoms with Crippen molar-refractivity contribution in [1.82, 2.24) is 4.90 Å². The van der Waals surface area contributed by atoms with E-state index in [0.717, 1.165) is 11.8 Å². The summed E-state index contributed by atoms with van der Waals surface area (Å²) < 4.78 is 0. The zero-order valence-corrected chi connectivity index (χ0v) is 13.4. The minimum absolute atomic E-state index is 0.423. The Labute approximate surface area is 120 Å². The molecule has 0 aromatic rings. The molecule has 0 aromatic heterocycles. The Balaban J connectivity index is 1.80. The molecule has 110 valence electrons. The summed E-state index contributed by atoms with van der Waals surface area (Å²) in [5, 5.41) is 0. The molecule has 2 rings (SSSR count). The van der Waals surface area contributed by atoms with Gasteiger partial charge in [0.05, 0.1) is 0 Å². The van der Waals surface area contributed by atoms with E-state index in [-0.39, 0.29) is 0 Å². The van der Waals surface area contributed by atoms with Crippen LogP contribution in [-0.2, 0) is 0 Å². The lowest BCUT2D eigenvalue weighted by Gasteiger charge is -2.40. The molecule has 1 heteroatoms. The second-order valence-corrected chi connectivity index (χ2v) is 7.37. The van der Waals surface area contributed by atoms with Crippen LogP contribution in [0.15, 0.2) is 12.2 Å². The Morgan fingerprint density at radius 2 is 1.84 bits per heavy atom. The van der Waals surface area contributed by atoms with E-state index in [0.29, 0.717) is 5.41 Å². The molecule has 1 heterocycles. The zero-order chi connectivity index (χ0) is 13.9. The average Bonchev–Trinajstić information content (AvgIpc) is 2.87. The number of nitrogens with zero attached hydrogens (tertiary/aromatic N) is 1. The van der Waals surface area contributed by atoms with Crippen LogP contribution in [0.3, 0.4) is 0 Å². The maximum atomic E-state index is 4.47. The van der Waals surface area contributed by atoms with Crippen LogP contribution in [0.5, 0.6) is 0 Å². The summed E-state index contributed by atoms with van der Waals surface area (Å²) in [6.07, 6.45) is 11.1. The minimum atomic E-state index is 0.423. The van der Waals surface area contributed by atoms with Crippen molar-refractivity contribution in [2.45, 2.75) is 65.2 Å². The molecule has 1 saturated carbocycles. The molecular formula is C18H33N. The fourth-order valence-electron chi connectivity index (χ4n) is 4.16. The van der Waals surface area contributed by atoms with Gasteiger partial charge in [-0.25, -0.2) is 0 Å². The molecule has 1 nitrogen and oxygen atoms in total. The van der Waals surface area contributed by atoms with E-state index in [1.165, 1.54) is 64.5 Å². The molecule has 1 saturated heterocycles. The van der Waals surface area contributed by atoms with E-state index in [4.69, 9.17) is 0 Å². The number of hydrogen-bond donors (Lipinski definition) is 0. The Hall–Kier alpha value is -0.300. The van der Waals surface area contributed by atoms with E-state index in [1.54, 1.807) is 5.57 Å². The molecule has 1 aliphatic carbocycles. The van der Waals surface area contributed by atoms with Crippen LogP contribution in [0.25, 0.3) is 0 Å². The standard InChI is InChI=1S/C18H33N/c1-5-16-7-6-8-17(16)10-9-15(2)18(3)11-13-19(4)14-12-18/h16-17H,2,5-14H2,1,3-4H3/t16-,17-/m0/s1. The van der Waals surface area contributed by atoms with Gasteiger partial charge in [0.2, 0.25) is 0 Å². The maximum absolute atomic E-state index is 4.47. The molecule has 0 unspecified atom stereocenters. The molecule has 2 atom stereocenters. The first-order valence-corrected chi connectivity index (χ1v) is 8.42. The van der Waals surface area contributed by atoms with Gasteiger partial charge in [-0.15, -0.1) is 0 Å². The van der Waals surface area contributed by atoms with Gasteiger partial charge in [0.1, 0.15) is 0 Å². The highest BCUT2D eigenvalue weighted by molar-refractivity contribution is 5.10. The van der Waals surface area contributed by atoms with Crippen molar-refractivity contribution in [3.05, 3.63) is 12.2 Å². The molecular weight excluding hydrogens is 230 g/mol. The van der Waals surface area contributed by atoms with Gasteiger partial charge in [-0.3, -0.25) is 0 Å². The molecule has 2 aliphatic rings. The zero-order valence-electron chi connectivity index (χ0n) is 13.4. The van der Waals surface area contributed by atoms with Crippen LogP contribution in [-0.4, -0.2) is 25.0 Å². The van der Waals surface area contributed by atoms with Crippen molar-refractivity contribution in [3.63, 3.8) is 0 Å². The fourth-order valence-corrected chi connectivity index (χ4v) is 4.16. The first-order chi connectivity index (χ1) is 9.05. The molecule has 0 bridgehead atoms. The van der Waals surface area contributed by atoms with E-state index < -0.39 is 0 Å². The van der Waals surface area contributed by atoms with Gasteiger partial charge in [0.15, 0.2) is 0 Å². The third-order valence-corrected chi connectivity index (χ3v) is 6.10. The predicted molar refractivity (Wildman–Crippen MR) is 84.3 cm³/mol. The quantitative estimate of drug-likeness (QED) is 0.639. The maximum Gasteiger partial charge on any atom is -0.00135 e. The number of hydrogen-bond acceptors (Lipinski definition) is 1. The largest absolute Gasteiger partial charge is 0.306 e. The lowest BCUT2D eigenvalue weighted by molar-refractivity contribution is 0.165. The van der Waals surface area contributed by atoms with E-state index >= 15 is 0 Å². The third kappa shape index (κ3) is 3.62. The molecule has 0 aromatic carbocycles. The lowest BCUT2D eigenvalue weighted by Crippen LogP contribution is -2.37. The highest BCUT2D eigenvalue weighted by Crippen LogP contribution is 2.42. The van der Waals surface area contributed by atoms with Gasteiger partial charge >= 0.3 is 0 Å². The van der Waals surface area contributed by atoms with Crippen LogP contribution in [0.1, 0.15) is 65.2 Å². The summed E-state index contributed by atoms with van der Waals surface area (Å²) in [6, 6.07) is 0. The SMILES string of the molecule is C=C(CC[C@@H]1CCC[C@@H]1CC)C1(C)CCN(C)CC1. The van der Waals surface area contributed by atoms with Gasteiger partial charge in [-0.2, -0.15) is 0 Å². The summed E-state index contributed by atoms with van der Waals surface area (Å²) in [5.41, 5.74) is 1.97. The Kier molecular flexibility index (Phi) is 5.11. The Morgan fingerprint density at radius 3 is 2.47 bits per heavy atom. The summed E-state index contributed by atoms with van der Waals surface area (Å²) >= 11 is 0. The number of piperidine rings is 1. The normalized spacial score (nSPS) is 31.5. The number of rotatable bonds is 5. The van der Waals surface area contributed by atoms with Crippen LogP contribution < -0.4 is 0 Å². The Morgan fingerprint density at radius 1 is 1.21 bits per heavy atom. The average molecular weight is 263 g/mol. The van der Waals surface area contributed by atoms with Gasteiger partial charge < -0.3 is 4.90 Å². The monoisotopic (exact) mass is 263 g/mol. The van der Waals surface area contributed by atoms with E-state index in [2.05, 4.69) is 32.4 Å². The van der Waals surface area contributed by atoms with E-state index in [9.17, 15) is 0 Å². The summed E-state index contributed by atoms with van der Waals surface area (Å²) in [4.78, 5) is 2.46.